The van der Waals surface area contributed by atoms with Gasteiger partial charge in [0.15, 0.2) is 0 Å². The van der Waals surface area contributed by atoms with Crippen molar-refractivity contribution in [2.75, 3.05) is 12.4 Å². The normalized spacial score (nSPS) is 12.1. The second-order valence-electron chi connectivity index (χ2n) is 6.86. The molecule has 0 amide bonds. The van der Waals surface area contributed by atoms with Crippen molar-refractivity contribution in [1.82, 2.24) is 15.1 Å². The minimum absolute atomic E-state index is 0.0352. The molecule has 0 aliphatic carbocycles. The minimum Gasteiger partial charge on any atom is -0.497 e. The zero-order chi connectivity index (χ0) is 19.7. The lowest BCUT2D eigenvalue weighted by Crippen LogP contribution is -2.09. The molecule has 142 valence electrons. The molecule has 0 aliphatic rings. The zero-order valence-electron chi connectivity index (χ0n) is 16.4. The van der Waals surface area contributed by atoms with E-state index in [4.69, 9.17) is 14.2 Å². The lowest BCUT2D eigenvalue weighted by molar-refractivity contribution is 0.394. The Kier molecular flexibility index (Phi) is 4.69. The van der Waals surface area contributed by atoms with E-state index in [-0.39, 0.29) is 6.04 Å². The number of pyridine rings is 1. The first-order valence-electron chi connectivity index (χ1n) is 9.16. The first-order valence-corrected chi connectivity index (χ1v) is 9.16. The van der Waals surface area contributed by atoms with E-state index in [0.717, 1.165) is 33.6 Å². The summed E-state index contributed by atoms with van der Waals surface area (Å²) >= 11 is 0. The fourth-order valence-electron chi connectivity index (χ4n) is 3.17. The maximum Gasteiger partial charge on any atom is 0.223 e. The molecule has 0 fully saturated rings. The highest BCUT2D eigenvalue weighted by atomic mass is 16.5. The van der Waals surface area contributed by atoms with Crippen LogP contribution in [0.2, 0.25) is 0 Å². The van der Waals surface area contributed by atoms with Crippen LogP contribution in [-0.4, -0.2) is 22.2 Å². The van der Waals surface area contributed by atoms with Gasteiger partial charge in [-0.15, -0.1) is 0 Å². The van der Waals surface area contributed by atoms with Crippen LogP contribution in [0.15, 0.2) is 53.1 Å². The van der Waals surface area contributed by atoms with Crippen LogP contribution in [0.4, 0.5) is 5.82 Å². The lowest BCUT2D eigenvalue weighted by Gasteiger charge is -2.18. The minimum atomic E-state index is 0.0352. The van der Waals surface area contributed by atoms with Crippen LogP contribution in [0, 0.1) is 13.8 Å². The molecule has 2 aromatic heterocycles. The molecular formula is C22H22N4O2. The molecule has 4 aromatic rings. The molecule has 0 bridgehead atoms. The number of fused-ring (bicyclic) bond motifs is 1. The molecule has 6 nitrogen and oxygen atoms in total. The Morgan fingerprint density at radius 3 is 2.46 bits per heavy atom. The molecule has 2 heterocycles. The van der Waals surface area contributed by atoms with Crippen LogP contribution < -0.4 is 10.1 Å². The van der Waals surface area contributed by atoms with Gasteiger partial charge >= 0.3 is 0 Å². The molecule has 4 rings (SSSR count). The third-order valence-electron chi connectivity index (χ3n) is 4.71. The average molecular weight is 374 g/mol. The third-order valence-corrected chi connectivity index (χ3v) is 4.71. The Morgan fingerprint density at radius 1 is 1.00 bits per heavy atom. The van der Waals surface area contributed by atoms with Gasteiger partial charge < -0.3 is 14.6 Å². The number of anilines is 1. The summed E-state index contributed by atoms with van der Waals surface area (Å²) in [7, 11) is 1.66. The van der Waals surface area contributed by atoms with Gasteiger partial charge in [0.2, 0.25) is 11.7 Å². The number of hydrogen-bond donors (Lipinski definition) is 1. The summed E-state index contributed by atoms with van der Waals surface area (Å²) in [5, 5.41) is 8.64. The molecular weight excluding hydrogens is 352 g/mol. The van der Waals surface area contributed by atoms with Gasteiger partial charge in [0, 0.05) is 18.4 Å². The number of rotatable bonds is 5. The molecule has 0 radical (unpaired) electrons. The Hall–Kier alpha value is -3.41. The second-order valence-corrected chi connectivity index (χ2v) is 6.86. The first-order chi connectivity index (χ1) is 13.5. The van der Waals surface area contributed by atoms with Gasteiger partial charge in [0.25, 0.3) is 0 Å². The summed E-state index contributed by atoms with van der Waals surface area (Å²) in [6, 6.07) is 16.3. The smallest absolute Gasteiger partial charge is 0.223 e. The summed E-state index contributed by atoms with van der Waals surface area (Å²) in [5.74, 6) is 2.60. The number of hydrogen-bond acceptors (Lipinski definition) is 6. The van der Waals surface area contributed by atoms with E-state index < -0.39 is 0 Å². The van der Waals surface area contributed by atoms with E-state index in [2.05, 4.69) is 47.5 Å². The first kappa shape index (κ1) is 18.0. The zero-order valence-corrected chi connectivity index (χ0v) is 16.4. The highest BCUT2D eigenvalue weighted by Gasteiger charge is 2.17. The molecule has 1 unspecified atom stereocenters. The molecule has 6 heteroatoms. The summed E-state index contributed by atoms with van der Waals surface area (Å²) in [4.78, 5) is 9.24. The maximum absolute atomic E-state index is 5.24. The number of nitrogens with zero attached hydrogens (tertiary/aromatic N) is 3. The van der Waals surface area contributed by atoms with E-state index in [1.54, 1.807) is 14.0 Å². The van der Waals surface area contributed by atoms with Crippen molar-refractivity contribution in [2.24, 2.45) is 0 Å². The molecule has 2 aromatic carbocycles. The summed E-state index contributed by atoms with van der Waals surface area (Å²) < 4.78 is 10.4. The van der Waals surface area contributed by atoms with Gasteiger partial charge in [-0.3, -0.25) is 0 Å². The molecule has 0 saturated heterocycles. The van der Waals surface area contributed by atoms with Gasteiger partial charge in [-0.2, -0.15) is 4.98 Å². The molecule has 0 saturated carbocycles. The van der Waals surface area contributed by atoms with E-state index >= 15 is 0 Å². The highest BCUT2D eigenvalue weighted by molar-refractivity contribution is 5.88. The van der Waals surface area contributed by atoms with E-state index in [1.165, 1.54) is 5.56 Å². The van der Waals surface area contributed by atoms with Gasteiger partial charge in [-0.05, 0) is 49.7 Å². The summed E-state index contributed by atoms with van der Waals surface area (Å²) in [5.41, 5.74) is 4.04. The van der Waals surface area contributed by atoms with Gasteiger partial charge in [0.05, 0.1) is 18.2 Å². The average Bonchev–Trinajstić information content (AvgIpc) is 3.13. The van der Waals surface area contributed by atoms with Crippen LogP contribution in [-0.2, 0) is 0 Å². The predicted molar refractivity (Wildman–Crippen MR) is 110 cm³/mol. The Balaban J connectivity index is 1.76. The van der Waals surface area contributed by atoms with Crippen molar-refractivity contribution in [3.8, 4) is 17.1 Å². The van der Waals surface area contributed by atoms with Crippen molar-refractivity contribution < 1.29 is 9.26 Å². The topological polar surface area (TPSA) is 73.1 Å². The fraction of sp³-hybridized carbons (Fsp3) is 0.227. The number of aromatic nitrogens is 3. The number of ether oxygens (including phenoxy) is 1. The van der Waals surface area contributed by atoms with E-state index in [1.807, 2.05) is 30.3 Å². The predicted octanol–water partition coefficient (Wildman–Crippen LogP) is 5.08. The quantitative estimate of drug-likeness (QED) is 0.525. The Labute approximate surface area is 163 Å². The second kappa shape index (κ2) is 7.31. The fourth-order valence-corrected chi connectivity index (χ4v) is 3.17. The maximum atomic E-state index is 5.24. The molecule has 0 aliphatic heterocycles. The van der Waals surface area contributed by atoms with Crippen molar-refractivity contribution >= 4 is 16.7 Å². The number of nitrogens with one attached hydrogen (secondary N) is 1. The number of methoxy groups -OCH3 is 1. The van der Waals surface area contributed by atoms with Crippen molar-refractivity contribution in [2.45, 2.75) is 26.8 Å². The van der Waals surface area contributed by atoms with E-state index in [9.17, 15) is 0 Å². The van der Waals surface area contributed by atoms with Crippen LogP contribution in [0.5, 0.6) is 5.75 Å². The SMILES string of the molecule is COc1ccc(C(C)Nc2nc3ccc(C)cc3cc2-c2noc(C)n2)cc1. The van der Waals surface area contributed by atoms with Crippen LogP contribution in [0.1, 0.15) is 30.0 Å². The van der Waals surface area contributed by atoms with Crippen LogP contribution >= 0.6 is 0 Å². The van der Waals surface area contributed by atoms with Crippen molar-refractivity contribution in [3.05, 3.63) is 65.5 Å². The summed E-state index contributed by atoms with van der Waals surface area (Å²) in [6.07, 6.45) is 0. The monoisotopic (exact) mass is 374 g/mol. The van der Waals surface area contributed by atoms with Gasteiger partial charge in [-0.1, -0.05) is 28.9 Å². The summed E-state index contributed by atoms with van der Waals surface area (Å²) in [6.45, 7) is 5.94. The van der Waals surface area contributed by atoms with Crippen LogP contribution in [0.3, 0.4) is 0 Å². The third kappa shape index (κ3) is 3.53. The molecule has 1 N–H and O–H groups in total. The standard InChI is InChI=1S/C22H22N4O2/c1-13-5-10-20-17(11-13)12-19(22-24-15(3)28-26-22)21(25-20)23-14(2)16-6-8-18(27-4)9-7-16/h5-12,14H,1-4H3,(H,23,25). The number of aryl methyl sites for hydroxylation is 2. The van der Waals surface area contributed by atoms with Gasteiger partial charge in [-0.25, -0.2) is 4.98 Å². The molecule has 28 heavy (non-hydrogen) atoms. The lowest BCUT2D eigenvalue weighted by atomic mass is 10.1. The number of benzene rings is 2. The largest absolute Gasteiger partial charge is 0.497 e. The Bertz CT molecular complexity index is 1120. The highest BCUT2D eigenvalue weighted by Crippen LogP contribution is 2.31. The van der Waals surface area contributed by atoms with Crippen LogP contribution in [0.25, 0.3) is 22.3 Å². The molecule has 0 spiro atoms. The van der Waals surface area contributed by atoms with Crippen molar-refractivity contribution in [3.63, 3.8) is 0 Å². The Morgan fingerprint density at radius 2 is 1.79 bits per heavy atom. The van der Waals surface area contributed by atoms with Crippen molar-refractivity contribution in [1.29, 1.82) is 0 Å². The van der Waals surface area contributed by atoms with E-state index in [0.29, 0.717) is 11.7 Å². The molecule has 1 atom stereocenters. The van der Waals surface area contributed by atoms with Gasteiger partial charge in [0.1, 0.15) is 11.6 Å².